The van der Waals surface area contributed by atoms with Gasteiger partial charge in [-0.3, -0.25) is 4.79 Å². The van der Waals surface area contributed by atoms with Crippen molar-refractivity contribution in [2.45, 2.75) is 26.8 Å². The number of carboxylic acid groups (broad SMARTS) is 1. The highest BCUT2D eigenvalue weighted by molar-refractivity contribution is 5.82. The van der Waals surface area contributed by atoms with Crippen LogP contribution < -0.4 is 5.32 Å². The molecule has 0 spiro atoms. The first-order valence-corrected chi connectivity index (χ1v) is 6.24. The molecule has 1 unspecified atom stereocenters. The summed E-state index contributed by atoms with van der Waals surface area (Å²) >= 11 is 0. The molecule has 2 rings (SSSR count). The number of benzene rings is 1. The van der Waals surface area contributed by atoms with Crippen molar-refractivity contribution in [1.82, 2.24) is 10.2 Å². The number of aryl methyl sites for hydroxylation is 1. The summed E-state index contributed by atoms with van der Waals surface area (Å²) in [6.45, 7) is 6.28. The van der Waals surface area contributed by atoms with Gasteiger partial charge in [0.05, 0.1) is 6.04 Å². The molecule has 0 aromatic heterocycles. The van der Waals surface area contributed by atoms with Crippen LogP contribution in [0.2, 0.25) is 0 Å². The topological polar surface area (TPSA) is 69.6 Å². The molecule has 1 saturated heterocycles. The standard InChI is InChI=1S/C14H18N2O3/c1-8-4-5-11(10(3)9(8)2)12-6-16(7-13(17)18)14(19)15-12/h4-5,12H,6-7H2,1-3H3,(H,15,19)(H,17,18). The molecule has 0 aliphatic carbocycles. The number of urea groups is 1. The lowest BCUT2D eigenvalue weighted by atomic mass is 9.94. The fourth-order valence-corrected chi connectivity index (χ4v) is 2.42. The maximum atomic E-state index is 11.7. The van der Waals surface area contributed by atoms with Crippen molar-refractivity contribution in [3.63, 3.8) is 0 Å². The molecule has 2 N–H and O–H groups in total. The van der Waals surface area contributed by atoms with Crippen LogP contribution in [0.3, 0.4) is 0 Å². The summed E-state index contributed by atoms with van der Waals surface area (Å²) in [6.07, 6.45) is 0. The van der Waals surface area contributed by atoms with Crippen LogP contribution in [-0.4, -0.2) is 35.1 Å². The van der Waals surface area contributed by atoms with Gasteiger partial charge in [-0.15, -0.1) is 0 Å². The first kappa shape index (κ1) is 13.4. The molecule has 1 atom stereocenters. The van der Waals surface area contributed by atoms with Crippen LogP contribution in [0.4, 0.5) is 4.79 Å². The minimum atomic E-state index is -0.993. The molecular formula is C14H18N2O3. The van der Waals surface area contributed by atoms with E-state index in [-0.39, 0.29) is 18.6 Å². The monoisotopic (exact) mass is 262 g/mol. The summed E-state index contributed by atoms with van der Waals surface area (Å²) in [5, 5.41) is 11.6. The van der Waals surface area contributed by atoms with Gasteiger partial charge in [0.25, 0.3) is 0 Å². The van der Waals surface area contributed by atoms with Crippen LogP contribution in [0, 0.1) is 20.8 Å². The molecule has 1 aromatic rings. The fraction of sp³-hybridized carbons (Fsp3) is 0.429. The van der Waals surface area contributed by atoms with Crippen molar-refractivity contribution in [3.8, 4) is 0 Å². The number of carbonyl (C=O) groups excluding carboxylic acids is 1. The highest BCUT2D eigenvalue weighted by Crippen LogP contribution is 2.26. The minimum Gasteiger partial charge on any atom is -0.480 e. The molecule has 0 saturated carbocycles. The van der Waals surface area contributed by atoms with Gasteiger partial charge in [0.1, 0.15) is 6.54 Å². The number of aliphatic carboxylic acids is 1. The van der Waals surface area contributed by atoms with Gasteiger partial charge in [0.2, 0.25) is 0 Å². The third kappa shape index (κ3) is 2.54. The van der Waals surface area contributed by atoms with E-state index < -0.39 is 5.97 Å². The van der Waals surface area contributed by atoms with E-state index in [0.717, 1.165) is 11.1 Å². The SMILES string of the molecule is Cc1ccc(C2CN(CC(=O)O)C(=O)N2)c(C)c1C. The van der Waals surface area contributed by atoms with Crippen LogP contribution in [0.5, 0.6) is 0 Å². The maximum absolute atomic E-state index is 11.7. The van der Waals surface area contributed by atoms with E-state index in [2.05, 4.69) is 19.2 Å². The van der Waals surface area contributed by atoms with Gasteiger partial charge in [-0.25, -0.2) is 4.79 Å². The van der Waals surface area contributed by atoms with E-state index in [9.17, 15) is 9.59 Å². The highest BCUT2D eigenvalue weighted by Gasteiger charge is 2.31. The van der Waals surface area contributed by atoms with Gasteiger partial charge in [0.15, 0.2) is 0 Å². The van der Waals surface area contributed by atoms with E-state index in [0.29, 0.717) is 6.54 Å². The third-order valence-corrected chi connectivity index (χ3v) is 3.79. The Morgan fingerprint density at radius 1 is 1.37 bits per heavy atom. The Morgan fingerprint density at radius 3 is 2.68 bits per heavy atom. The van der Waals surface area contributed by atoms with Crippen molar-refractivity contribution in [2.24, 2.45) is 0 Å². The number of hydrogen-bond donors (Lipinski definition) is 2. The molecule has 1 aliphatic heterocycles. The van der Waals surface area contributed by atoms with Crippen molar-refractivity contribution in [1.29, 1.82) is 0 Å². The largest absolute Gasteiger partial charge is 0.480 e. The molecule has 102 valence electrons. The third-order valence-electron chi connectivity index (χ3n) is 3.79. The normalized spacial score (nSPS) is 18.6. The van der Waals surface area contributed by atoms with E-state index in [1.807, 2.05) is 19.1 Å². The smallest absolute Gasteiger partial charge is 0.323 e. The van der Waals surface area contributed by atoms with Crippen LogP contribution in [0.1, 0.15) is 28.3 Å². The Morgan fingerprint density at radius 2 is 2.05 bits per heavy atom. The number of rotatable bonds is 3. The molecule has 0 bridgehead atoms. The second-order valence-electron chi connectivity index (χ2n) is 5.00. The summed E-state index contributed by atoms with van der Waals surface area (Å²) in [5.74, 6) is -0.993. The lowest BCUT2D eigenvalue weighted by Gasteiger charge is -2.16. The zero-order valence-electron chi connectivity index (χ0n) is 11.4. The highest BCUT2D eigenvalue weighted by atomic mass is 16.4. The van der Waals surface area contributed by atoms with Gasteiger partial charge in [-0.1, -0.05) is 12.1 Å². The summed E-state index contributed by atoms with van der Waals surface area (Å²) < 4.78 is 0. The molecule has 1 fully saturated rings. The Bertz CT molecular complexity index is 540. The quantitative estimate of drug-likeness (QED) is 0.872. The molecule has 5 nitrogen and oxygen atoms in total. The maximum Gasteiger partial charge on any atom is 0.323 e. The predicted octanol–water partition coefficient (Wildman–Crippen LogP) is 1.76. The van der Waals surface area contributed by atoms with Gasteiger partial charge >= 0.3 is 12.0 Å². The number of nitrogens with one attached hydrogen (secondary N) is 1. The summed E-state index contributed by atoms with van der Waals surface area (Å²) in [7, 11) is 0. The lowest BCUT2D eigenvalue weighted by molar-refractivity contribution is -0.137. The number of carbonyl (C=O) groups is 2. The zero-order valence-corrected chi connectivity index (χ0v) is 11.4. The first-order valence-electron chi connectivity index (χ1n) is 6.24. The molecule has 1 aromatic carbocycles. The molecule has 1 aliphatic rings. The zero-order chi connectivity index (χ0) is 14.2. The van der Waals surface area contributed by atoms with Crippen molar-refractivity contribution in [3.05, 3.63) is 34.4 Å². The van der Waals surface area contributed by atoms with E-state index in [1.54, 1.807) is 0 Å². The molecular weight excluding hydrogens is 244 g/mol. The summed E-state index contributed by atoms with van der Waals surface area (Å²) in [4.78, 5) is 23.7. The molecule has 5 heteroatoms. The van der Waals surface area contributed by atoms with Crippen molar-refractivity contribution >= 4 is 12.0 Å². The predicted molar refractivity (Wildman–Crippen MR) is 71.1 cm³/mol. The number of hydrogen-bond acceptors (Lipinski definition) is 2. The van der Waals surface area contributed by atoms with Crippen LogP contribution in [0.15, 0.2) is 12.1 Å². The van der Waals surface area contributed by atoms with E-state index >= 15 is 0 Å². The molecule has 0 radical (unpaired) electrons. The number of carboxylic acids is 1. The molecule has 2 amide bonds. The Hall–Kier alpha value is -2.04. The number of amides is 2. The van der Waals surface area contributed by atoms with E-state index in [4.69, 9.17) is 5.11 Å². The average molecular weight is 262 g/mol. The summed E-state index contributed by atoms with van der Waals surface area (Å²) in [5.41, 5.74) is 4.64. The van der Waals surface area contributed by atoms with Crippen LogP contribution in [0.25, 0.3) is 0 Å². The second-order valence-corrected chi connectivity index (χ2v) is 5.00. The lowest BCUT2D eigenvalue weighted by Crippen LogP contribution is -2.32. The summed E-state index contributed by atoms with van der Waals surface area (Å²) in [6, 6.07) is 3.59. The Kier molecular flexibility index (Phi) is 3.46. The van der Waals surface area contributed by atoms with Crippen molar-refractivity contribution in [2.75, 3.05) is 13.1 Å². The molecule has 1 heterocycles. The second kappa shape index (κ2) is 4.91. The van der Waals surface area contributed by atoms with Crippen molar-refractivity contribution < 1.29 is 14.7 Å². The van der Waals surface area contributed by atoms with Gasteiger partial charge in [-0.05, 0) is 43.0 Å². The average Bonchev–Trinajstić information content (AvgIpc) is 2.67. The van der Waals surface area contributed by atoms with E-state index in [1.165, 1.54) is 16.0 Å². The van der Waals surface area contributed by atoms with Gasteiger partial charge in [-0.2, -0.15) is 0 Å². The minimum absolute atomic E-state index is 0.133. The van der Waals surface area contributed by atoms with Gasteiger partial charge < -0.3 is 15.3 Å². The fourth-order valence-electron chi connectivity index (χ4n) is 2.42. The van der Waals surface area contributed by atoms with Crippen LogP contribution in [-0.2, 0) is 4.79 Å². The first-order chi connectivity index (χ1) is 8.90. The molecule has 19 heavy (non-hydrogen) atoms. The Labute approximate surface area is 112 Å². The Balaban J connectivity index is 2.23. The van der Waals surface area contributed by atoms with Crippen LogP contribution >= 0.6 is 0 Å². The number of nitrogens with zero attached hydrogens (tertiary/aromatic N) is 1. The van der Waals surface area contributed by atoms with Gasteiger partial charge in [0, 0.05) is 6.54 Å².